The smallest absolute Gasteiger partial charge is 0.227 e. The van der Waals surface area contributed by atoms with Crippen LogP contribution in [0.15, 0.2) is 53.5 Å². The van der Waals surface area contributed by atoms with Crippen LogP contribution in [0.25, 0.3) is 0 Å². The quantitative estimate of drug-likeness (QED) is 0.517. The number of aryl methyl sites for hydroxylation is 1. The Morgan fingerprint density at radius 1 is 1.04 bits per heavy atom. The van der Waals surface area contributed by atoms with Crippen LogP contribution in [0.5, 0.6) is 0 Å². The van der Waals surface area contributed by atoms with Gasteiger partial charge in [-0.25, -0.2) is 4.99 Å². The number of hydrogen-bond acceptors (Lipinski definition) is 2. The maximum absolute atomic E-state index is 12.0. The summed E-state index contributed by atoms with van der Waals surface area (Å²) in [5.74, 6) is 0.392. The molecule has 1 unspecified atom stereocenters. The van der Waals surface area contributed by atoms with E-state index in [-0.39, 0.29) is 11.8 Å². The van der Waals surface area contributed by atoms with Gasteiger partial charge in [0, 0.05) is 17.3 Å². The Morgan fingerprint density at radius 2 is 1.77 bits per heavy atom. The third kappa shape index (κ3) is 5.92. The summed E-state index contributed by atoms with van der Waals surface area (Å²) >= 11 is 0. The molecule has 138 valence electrons. The van der Waals surface area contributed by atoms with E-state index in [1.54, 1.807) is 0 Å². The zero-order valence-corrected chi connectivity index (χ0v) is 15.8. The zero-order valence-electron chi connectivity index (χ0n) is 15.8. The summed E-state index contributed by atoms with van der Waals surface area (Å²) in [6.07, 6.45) is 1.82. The number of carbonyl (C=O) groups is 1. The van der Waals surface area contributed by atoms with Crippen molar-refractivity contribution in [2.45, 2.75) is 40.2 Å². The maximum atomic E-state index is 12.0. The number of aliphatic imine (C=N–C) groups is 1. The lowest BCUT2D eigenvalue weighted by atomic mass is 10.1. The predicted octanol–water partition coefficient (Wildman–Crippen LogP) is 4.16. The van der Waals surface area contributed by atoms with Gasteiger partial charge in [0.05, 0.1) is 6.54 Å². The number of amides is 1. The molecule has 2 aromatic carbocycles. The summed E-state index contributed by atoms with van der Waals surface area (Å²) in [7, 11) is 0. The average Bonchev–Trinajstić information content (AvgIpc) is 2.66. The van der Waals surface area contributed by atoms with Gasteiger partial charge in [-0.2, -0.15) is 0 Å². The molecule has 0 bridgehead atoms. The second kappa shape index (κ2) is 9.61. The van der Waals surface area contributed by atoms with Gasteiger partial charge in [-0.1, -0.05) is 45.0 Å². The third-order valence-corrected chi connectivity index (χ3v) is 4.32. The van der Waals surface area contributed by atoms with Crippen LogP contribution in [0.3, 0.4) is 0 Å². The molecule has 0 saturated carbocycles. The van der Waals surface area contributed by atoms with E-state index in [0.717, 1.165) is 29.8 Å². The lowest BCUT2D eigenvalue weighted by molar-refractivity contribution is -0.119. The van der Waals surface area contributed by atoms with Crippen molar-refractivity contribution in [3.63, 3.8) is 0 Å². The van der Waals surface area contributed by atoms with Crippen molar-refractivity contribution in [2.24, 2.45) is 16.6 Å². The number of hydrogen-bond donors (Lipinski definition) is 3. The molecule has 0 aliphatic heterocycles. The van der Waals surface area contributed by atoms with Crippen LogP contribution in [-0.4, -0.2) is 11.9 Å². The zero-order chi connectivity index (χ0) is 18.9. The topological polar surface area (TPSA) is 79.5 Å². The van der Waals surface area contributed by atoms with Gasteiger partial charge in [0.25, 0.3) is 0 Å². The van der Waals surface area contributed by atoms with Gasteiger partial charge >= 0.3 is 0 Å². The minimum absolute atomic E-state index is 0.00406. The maximum Gasteiger partial charge on any atom is 0.227 e. The minimum atomic E-state index is -0.00406. The number of nitrogens with one attached hydrogen (secondary N) is 2. The second-order valence-corrected chi connectivity index (χ2v) is 6.38. The van der Waals surface area contributed by atoms with Crippen molar-refractivity contribution in [2.75, 3.05) is 10.6 Å². The second-order valence-electron chi connectivity index (χ2n) is 6.38. The standard InChI is InChI=1S/C21H28N4O/c1-4-15(3)20(26)24-19-8-6-7-17(13-19)14-23-21(22)25-18-11-9-16(5-2)10-12-18/h6-13,15H,4-5,14H2,1-3H3,(H,24,26)(H3,22,23,25). The number of rotatable bonds is 7. The molecule has 0 radical (unpaired) electrons. The van der Waals surface area contributed by atoms with E-state index in [0.29, 0.717) is 12.5 Å². The van der Waals surface area contributed by atoms with Crippen LogP contribution in [0.2, 0.25) is 0 Å². The van der Waals surface area contributed by atoms with E-state index in [2.05, 4.69) is 34.7 Å². The summed E-state index contributed by atoms with van der Waals surface area (Å²) in [4.78, 5) is 16.4. The number of carbonyl (C=O) groups excluding carboxylic acids is 1. The fourth-order valence-electron chi connectivity index (χ4n) is 2.39. The van der Waals surface area contributed by atoms with Crippen LogP contribution in [0.1, 0.15) is 38.3 Å². The minimum Gasteiger partial charge on any atom is -0.370 e. The monoisotopic (exact) mass is 352 g/mol. The van der Waals surface area contributed by atoms with Crippen molar-refractivity contribution in [3.05, 3.63) is 59.7 Å². The molecule has 0 aromatic heterocycles. The number of anilines is 2. The summed E-state index contributed by atoms with van der Waals surface area (Å²) in [5, 5.41) is 6.03. The third-order valence-electron chi connectivity index (χ3n) is 4.32. The fraction of sp³-hybridized carbons (Fsp3) is 0.333. The number of nitrogens with zero attached hydrogens (tertiary/aromatic N) is 1. The predicted molar refractivity (Wildman–Crippen MR) is 109 cm³/mol. The normalized spacial score (nSPS) is 12.5. The van der Waals surface area contributed by atoms with Gasteiger partial charge in [0.2, 0.25) is 5.91 Å². The summed E-state index contributed by atoms with van der Waals surface area (Å²) in [6.45, 7) is 6.49. The highest BCUT2D eigenvalue weighted by Crippen LogP contribution is 2.14. The lowest BCUT2D eigenvalue weighted by Gasteiger charge is -2.11. The van der Waals surface area contributed by atoms with Crippen LogP contribution in [-0.2, 0) is 17.8 Å². The molecule has 0 aliphatic carbocycles. The highest BCUT2D eigenvalue weighted by atomic mass is 16.1. The van der Waals surface area contributed by atoms with E-state index in [4.69, 9.17) is 5.73 Å². The highest BCUT2D eigenvalue weighted by molar-refractivity contribution is 5.93. The Morgan fingerprint density at radius 3 is 2.42 bits per heavy atom. The fourth-order valence-corrected chi connectivity index (χ4v) is 2.39. The Hall–Kier alpha value is -2.82. The molecule has 1 atom stereocenters. The summed E-state index contributed by atoms with van der Waals surface area (Å²) in [5.41, 5.74) is 9.93. The first-order valence-electron chi connectivity index (χ1n) is 9.07. The molecule has 5 heteroatoms. The molecule has 1 amide bonds. The van der Waals surface area contributed by atoms with Gasteiger partial charge in [0.1, 0.15) is 0 Å². The Labute approximate surface area is 155 Å². The highest BCUT2D eigenvalue weighted by Gasteiger charge is 2.10. The van der Waals surface area contributed by atoms with Crippen molar-refractivity contribution < 1.29 is 4.79 Å². The molecule has 4 N–H and O–H groups in total. The molecule has 0 heterocycles. The molecule has 5 nitrogen and oxygen atoms in total. The Kier molecular flexibility index (Phi) is 7.21. The largest absolute Gasteiger partial charge is 0.370 e. The van der Waals surface area contributed by atoms with Crippen LogP contribution < -0.4 is 16.4 Å². The van der Waals surface area contributed by atoms with Gasteiger partial charge in [-0.3, -0.25) is 4.79 Å². The lowest BCUT2D eigenvalue weighted by Crippen LogP contribution is -2.22. The Balaban J connectivity index is 1.95. The van der Waals surface area contributed by atoms with Crippen LogP contribution in [0.4, 0.5) is 11.4 Å². The molecule has 0 aliphatic rings. The van der Waals surface area contributed by atoms with Crippen LogP contribution >= 0.6 is 0 Å². The van der Waals surface area contributed by atoms with E-state index in [1.165, 1.54) is 5.56 Å². The van der Waals surface area contributed by atoms with Crippen molar-refractivity contribution >= 4 is 23.2 Å². The van der Waals surface area contributed by atoms with E-state index in [9.17, 15) is 4.79 Å². The van der Waals surface area contributed by atoms with Crippen molar-refractivity contribution in [1.29, 1.82) is 0 Å². The molecule has 2 aromatic rings. The first kappa shape index (κ1) is 19.5. The van der Waals surface area contributed by atoms with Crippen molar-refractivity contribution in [3.8, 4) is 0 Å². The molecular formula is C21H28N4O. The number of benzene rings is 2. The average molecular weight is 352 g/mol. The summed E-state index contributed by atoms with van der Waals surface area (Å²) < 4.78 is 0. The van der Waals surface area contributed by atoms with E-state index >= 15 is 0 Å². The number of nitrogens with two attached hydrogens (primary N) is 1. The Bertz CT molecular complexity index is 753. The molecular weight excluding hydrogens is 324 g/mol. The molecule has 0 fully saturated rings. The van der Waals surface area contributed by atoms with Gasteiger partial charge in [-0.05, 0) is 48.2 Å². The first-order chi connectivity index (χ1) is 12.5. The van der Waals surface area contributed by atoms with Gasteiger partial charge in [-0.15, -0.1) is 0 Å². The first-order valence-corrected chi connectivity index (χ1v) is 9.07. The molecule has 0 spiro atoms. The molecule has 0 saturated heterocycles. The van der Waals surface area contributed by atoms with Gasteiger partial charge < -0.3 is 16.4 Å². The molecule has 2 rings (SSSR count). The van der Waals surface area contributed by atoms with E-state index < -0.39 is 0 Å². The van der Waals surface area contributed by atoms with E-state index in [1.807, 2.05) is 50.2 Å². The van der Waals surface area contributed by atoms with Crippen molar-refractivity contribution in [1.82, 2.24) is 0 Å². The van der Waals surface area contributed by atoms with Crippen LogP contribution in [0, 0.1) is 5.92 Å². The summed E-state index contributed by atoms with van der Waals surface area (Å²) in [6, 6.07) is 15.8. The molecule has 26 heavy (non-hydrogen) atoms. The van der Waals surface area contributed by atoms with Gasteiger partial charge in [0.15, 0.2) is 5.96 Å². The number of guanidine groups is 1. The SMILES string of the molecule is CCc1ccc(NC(N)=NCc2cccc(NC(=O)C(C)CC)c2)cc1.